The molecule has 2 atom stereocenters. The molecule has 5 heteroatoms. The number of nitrogens with zero attached hydrogens (tertiary/aromatic N) is 2. The molecule has 0 aliphatic carbocycles. The van der Waals surface area contributed by atoms with Crippen molar-refractivity contribution >= 4 is 5.97 Å². The Hall–Kier alpha value is -1.59. The Kier molecular flexibility index (Phi) is 6.63. The van der Waals surface area contributed by atoms with Crippen LogP contribution in [0.2, 0.25) is 0 Å². The van der Waals surface area contributed by atoms with Crippen molar-refractivity contribution < 1.29 is 14.6 Å². The number of likely N-dealkylation sites (N-methyl/N-ethyl adjacent to an activating group) is 1. The van der Waals surface area contributed by atoms with Crippen molar-refractivity contribution in [2.24, 2.45) is 5.92 Å². The Morgan fingerprint density at radius 1 is 1.29 bits per heavy atom. The van der Waals surface area contributed by atoms with E-state index >= 15 is 0 Å². The summed E-state index contributed by atoms with van der Waals surface area (Å²) in [5.74, 6) is 0.472. The summed E-state index contributed by atoms with van der Waals surface area (Å²) in [6, 6.07) is 7.34. The summed E-state index contributed by atoms with van der Waals surface area (Å²) in [5, 5.41) is 9.76. The van der Waals surface area contributed by atoms with E-state index in [0.29, 0.717) is 18.6 Å². The second kappa shape index (κ2) is 8.49. The van der Waals surface area contributed by atoms with E-state index in [1.165, 1.54) is 0 Å². The number of carboxylic acids is 1. The zero-order valence-electron chi connectivity index (χ0n) is 15.2. The van der Waals surface area contributed by atoms with Gasteiger partial charge in [0, 0.05) is 25.7 Å². The molecule has 1 N–H and O–H groups in total. The molecule has 2 unspecified atom stereocenters. The predicted octanol–water partition coefficient (Wildman–Crippen LogP) is 2.87. The van der Waals surface area contributed by atoms with Gasteiger partial charge in [-0.05, 0) is 37.1 Å². The highest BCUT2D eigenvalue weighted by Gasteiger charge is 2.32. The van der Waals surface area contributed by atoms with E-state index < -0.39 is 12.0 Å². The largest absolute Gasteiger partial charge is 0.493 e. The van der Waals surface area contributed by atoms with Crippen molar-refractivity contribution in [3.63, 3.8) is 0 Å². The van der Waals surface area contributed by atoms with Gasteiger partial charge in [0.25, 0.3) is 0 Å². The van der Waals surface area contributed by atoms with Crippen molar-refractivity contribution in [1.82, 2.24) is 9.80 Å². The molecule has 0 spiro atoms. The number of piperazine rings is 1. The minimum Gasteiger partial charge on any atom is -0.493 e. The average Bonchev–Trinajstić information content (AvgIpc) is 2.55. The number of benzene rings is 1. The number of aliphatic carboxylic acids is 1. The van der Waals surface area contributed by atoms with Crippen molar-refractivity contribution in [3.8, 4) is 5.75 Å². The van der Waals surface area contributed by atoms with E-state index in [1.807, 2.05) is 24.3 Å². The second-order valence-electron chi connectivity index (χ2n) is 7.05. The van der Waals surface area contributed by atoms with Crippen LogP contribution in [0.3, 0.4) is 0 Å². The summed E-state index contributed by atoms with van der Waals surface area (Å²) < 4.78 is 5.69. The number of hydrogen-bond acceptors (Lipinski definition) is 4. The Labute approximate surface area is 145 Å². The first kappa shape index (κ1) is 18.7. The fourth-order valence-corrected chi connectivity index (χ4v) is 3.16. The molecule has 1 aliphatic heterocycles. The quantitative estimate of drug-likeness (QED) is 0.831. The monoisotopic (exact) mass is 334 g/mol. The Bertz CT molecular complexity index is 530. The molecule has 1 saturated heterocycles. The van der Waals surface area contributed by atoms with E-state index in [2.05, 4.69) is 37.6 Å². The fourth-order valence-electron chi connectivity index (χ4n) is 3.16. The van der Waals surface area contributed by atoms with Crippen LogP contribution in [0.15, 0.2) is 24.3 Å². The highest BCUT2D eigenvalue weighted by molar-refractivity contribution is 5.75. The van der Waals surface area contributed by atoms with Crippen LogP contribution in [-0.2, 0) is 4.79 Å². The van der Waals surface area contributed by atoms with Gasteiger partial charge < -0.3 is 14.7 Å². The second-order valence-corrected chi connectivity index (χ2v) is 7.05. The van der Waals surface area contributed by atoms with Gasteiger partial charge in [-0.25, -0.2) is 0 Å². The first-order valence-corrected chi connectivity index (χ1v) is 8.82. The molecule has 5 nitrogen and oxygen atoms in total. The van der Waals surface area contributed by atoms with Crippen molar-refractivity contribution in [2.75, 3.05) is 33.3 Å². The topological polar surface area (TPSA) is 53.0 Å². The summed E-state index contributed by atoms with van der Waals surface area (Å²) in [6.07, 6.45) is 1.03. The summed E-state index contributed by atoms with van der Waals surface area (Å²) in [7, 11) is 2.11. The smallest absolute Gasteiger partial charge is 0.325 e. The third kappa shape index (κ3) is 4.71. The Balaban J connectivity index is 2.11. The summed E-state index contributed by atoms with van der Waals surface area (Å²) in [4.78, 5) is 16.3. The lowest BCUT2D eigenvalue weighted by Crippen LogP contribution is -2.53. The predicted molar refractivity (Wildman–Crippen MR) is 95.4 cm³/mol. The highest BCUT2D eigenvalue weighted by atomic mass is 16.5. The van der Waals surface area contributed by atoms with Gasteiger partial charge in [0.2, 0.25) is 0 Å². The summed E-state index contributed by atoms with van der Waals surface area (Å²) in [6.45, 7) is 9.49. The molecule has 134 valence electrons. The zero-order chi connectivity index (χ0) is 17.7. The molecule has 2 rings (SSSR count). The minimum absolute atomic E-state index is 0.411. The first-order chi connectivity index (χ1) is 11.4. The van der Waals surface area contributed by atoms with E-state index in [0.717, 1.165) is 37.4 Å². The van der Waals surface area contributed by atoms with Gasteiger partial charge in [-0.15, -0.1) is 0 Å². The number of ether oxygens (including phenoxy) is 1. The maximum absolute atomic E-state index is 11.9. The number of hydrogen-bond donors (Lipinski definition) is 1. The standard InChI is InChI=1S/C19H30N2O3/c1-5-16-12-21(11-10-20(16)4)18(19(22)23)15-6-8-17(9-7-15)24-13-14(2)3/h6-9,14,16,18H,5,10-13H2,1-4H3,(H,22,23). The van der Waals surface area contributed by atoms with Crippen LogP contribution in [0.1, 0.15) is 38.8 Å². The van der Waals surface area contributed by atoms with Gasteiger partial charge in [-0.1, -0.05) is 32.9 Å². The summed E-state index contributed by atoms with van der Waals surface area (Å²) >= 11 is 0. The third-order valence-corrected chi connectivity index (χ3v) is 4.66. The van der Waals surface area contributed by atoms with Gasteiger partial charge in [-0.3, -0.25) is 9.69 Å². The molecular weight excluding hydrogens is 304 g/mol. The lowest BCUT2D eigenvalue weighted by molar-refractivity contribution is -0.144. The Morgan fingerprint density at radius 2 is 1.96 bits per heavy atom. The van der Waals surface area contributed by atoms with Crippen LogP contribution in [0.25, 0.3) is 0 Å². The average molecular weight is 334 g/mol. The zero-order valence-corrected chi connectivity index (χ0v) is 15.2. The lowest BCUT2D eigenvalue weighted by atomic mass is 10.0. The van der Waals surface area contributed by atoms with E-state index in [4.69, 9.17) is 4.74 Å². The maximum Gasteiger partial charge on any atom is 0.325 e. The minimum atomic E-state index is -0.787. The maximum atomic E-state index is 11.9. The SMILES string of the molecule is CCC1CN(C(C(=O)O)c2ccc(OCC(C)C)cc2)CCN1C. The number of rotatable bonds is 7. The van der Waals surface area contributed by atoms with Crippen LogP contribution in [0.5, 0.6) is 5.75 Å². The molecule has 0 bridgehead atoms. The number of carbonyl (C=O) groups is 1. The molecule has 1 aliphatic rings. The van der Waals surface area contributed by atoms with Gasteiger partial charge in [0.05, 0.1) is 6.61 Å². The third-order valence-electron chi connectivity index (χ3n) is 4.66. The van der Waals surface area contributed by atoms with Crippen molar-refractivity contribution in [3.05, 3.63) is 29.8 Å². The molecule has 1 fully saturated rings. The van der Waals surface area contributed by atoms with E-state index in [-0.39, 0.29) is 0 Å². The molecule has 1 aromatic rings. The molecule has 0 radical (unpaired) electrons. The van der Waals surface area contributed by atoms with Gasteiger partial charge >= 0.3 is 5.97 Å². The molecule has 0 amide bonds. The first-order valence-electron chi connectivity index (χ1n) is 8.82. The molecule has 0 saturated carbocycles. The number of carboxylic acid groups (broad SMARTS) is 1. The van der Waals surface area contributed by atoms with Crippen molar-refractivity contribution in [2.45, 2.75) is 39.3 Å². The Morgan fingerprint density at radius 3 is 2.50 bits per heavy atom. The molecule has 24 heavy (non-hydrogen) atoms. The van der Waals surface area contributed by atoms with Crippen molar-refractivity contribution in [1.29, 1.82) is 0 Å². The molecule has 1 aromatic carbocycles. The van der Waals surface area contributed by atoms with Crippen LogP contribution in [0, 0.1) is 5.92 Å². The van der Waals surface area contributed by atoms with Gasteiger partial charge in [0.1, 0.15) is 11.8 Å². The van der Waals surface area contributed by atoms with E-state index in [1.54, 1.807) is 0 Å². The molecule has 1 heterocycles. The van der Waals surface area contributed by atoms with Crippen LogP contribution >= 0.6 is 0 Å². The molecular formula is C19H30N2O3. The summed E-state index contributed by atoms with van der Waals surface area (Å²) in [5.41, 5.74) is 0.818. The normalized spacial score (nSPS) is 21.0. The highest BCUT2D eigenvalue weighted by Crippen LogP contribution is 2.26. The van der Waals surface area contributed by atoms with Gasteiger partial charge in [0.15, 0.2) is 0 Å². The van der Waals surface area contributed by atoms with Crippen LogP contribution in [-0.4, -0.2) is 60.2 Å². The fraction of sp³-hybridized carbons (Fsp3) is 0.632. The van der Waals surface area contributed by atoms with Gasteiger partial charge in [-0.2, -0.15) is 0 Å². The van der Waals surface area contributed by atoms with E-state index in [9.17, 15) is 9.90 Å². The van der Waals surface area contributed by atoms with Crippen LogP contribution < -0.4 is 4.74 Å². The molecule has 0 aromatic heterocycles. The lowest BCUT2D eigenvalue weighted by Gasteiger charge is -2.41. The van der Waals surface area contributed by atoms with Crippen LogP contribution in [0.4, 0.5) is 0 Å².